The number of amides is 1. The van der Waals surface area contributed by atoms with Crippen LogP contribution in [0, 0.1) is 12.8 Å². The molecule has 1 fully saturated rings. The maximum Gasteiger partial charge on any atom is 0.227 e. The summed E-state index contributed by atoms with van der Waals surface area (Å²) in [7, 11) is 0. The minimum absolute atomic E-state index is 0.130. The molecule has 3 heteroatoms. The largest absolute Gasteiger partial charge is 0.325 e. The lowest BCUT2D eigenvalue weighted by Crippen LogP contribution is -2.14. The lowest BCUT2D eigenvalue weighted by Gasteiger charge is -2.13. The highest BCUT2D eigenvalue weighted by molar-refractivity contribution is 6.36. The number of carbonyl (C=O) groups is 1. The van der Waals surface area contributed by atoms with Gasteiger partial charge in [-0.3, -0.25) is 4.79 Å². The van der Waals surface area contributed by atoms with E-state index in [1.807, 2.05) is 37.3 Å². The van der Waals surface area contributed by atoms with E-state index in [4.69, 9.17) is 11.6 Å². The Morgan fingerprint density at radius 3 is 2.61 bits per heavy atom. The summed E-state index contributed by atoms with van der Waals surface area (Å²) in [4.78, 5) is 11.9. The number of aryl methyl sites for hydroxylation is 1. The molecule has 92 valence electrons. The summed E-state index contributed by atoms with van der Waals surface area (Å²) in [5.41, 5.74) is 1.90. The molecular weight excluding hydrogens is 246 g/mol. The third kappa shape index (κ3) is 1.97. The zero-order valence-corrected chi connectivity index (χ0v) is 10.9. The van der Waals surface area contributed by atoms with Gasteiger partial charge in [-0.2, -0.15) is 0 Å². The van der Waals surface area contributed by atoms with Gasteiger partial charge in [-0.05, 0) is 31.4 Å². The molecule has 1 aliphatic rings. The first-order valence-electron chi connectivity index (χ1n) is 6.15. The number of benzene rings is 2. The van der Waals surface area contributed by atoms with Crippen LogP contribution < -0.4 is 5.32 Å². The summed E-state index contributed by atoms with van der Waals surface area (Å²) in [6.07, 6.45) is 2.02. The van der Waals surface area contributed by atoms with Crippen LogP contribution in [0.15, 0.2) is 30.3 Å². The second-order valence-corrected chi connectivity index (χ2v) is 5.27. The standard InChI is InChI=1S/C15H14ClNO/c1-9-8-13(16)11-4-2-3-5-12(11)14(9)17-15(18)10-6-7-10/h2-5,8,10H,6-7H2,1H3,(H,17,18). The first-order valence-corrected chi connectivity index (χ1v) is 6.53. The third-order valence-electron chi connectivity index (χ3n) is 3.39. The number of halogens is 1. The van der Waals surface area contributed by atoms with Gasteiger partial charge in [0.2, 0.25) is 5.91 Å². The van der Waals surface area contributed by atoms with Crippen LogP contribution in [0.1, 0.15) is 18.4 Å². The van der Waals surface area contributed by atoms with Gasteiger partial charge in [0.15, 0.2) is 0 Å². The maximum absolute atomic E-state index is 11.9. The molecule has 1 amide bonds. The predicted molar refractivity (Wildman–Crippen MR) is 75.0 cm³/mol. The molecule has 1 saturated carbocycles. The van der Waals surface area contributed by atoms with Gasteiger partial charge in [-0.15, -0.1) is 0 Å². The lowest BCUT2D eigenvalue weighted by atomic mass is 10.0. The Kier molecular flexibility index (Phi) is 2.75. The molecule has 2 aromatic carbocycles. The fourth-order valence-corrected chi connectivity index (χ4v) is 2.53. The fourth-order valence-electron chi connectivity index (χ4n) is 2.20. The van der Waals surface area contributed by atoms with Gasteiger partial charge < -0.3 is 5.32 Å². The molecule has 0 bridgehead atoms. The van der Waals surface area contributed by atoms with Crippen molar-refractivity contribution in [1.29, 1.82) is 0 Å². The normalized spacial score (nSPS) is 14.8. The summed E-state index contributed by atoms with van der Waals surface area (Å²) < 4.78 is 0. The van der Waals surface area contributed by atoms with Crippen molar-refractivity contribution >= 4 is 34.0 Å². The zero-order valence-electron chi connectivity index (χ0n) is 10.2. The van der Waals surface area contributed by atoms with E-state index < -0.39 is 0 Å². The second kappa shape index (κ2) is 4.29. The molecule has 0 radical (unpaired) electrons. The fraction of sp³-hybridized carbons (Fsp3) is 0.267. The number of nitrogens with one attached hydrogen (secondary N) is 1. The molecule has 3 rings (SSSR count). The van der Waals surface area contributed by atoms with Crippen LogP contribution in [0.3, 0.4) is 0 Å². The Hall–Kier alpha value is -1.54. The number of hydrogen-bond acceptors (Lipinski definition) is 1. The predicted octanol–water partition coefficient (Wildman–Crippen LogP) is 4.15. The zero-order chi connectivity index (χ0) is 12.7. The van der Waals surface area contributed by atoms with Crippen LogP contribution in [0.5, 0.6) is 0 Å². The Labute approximate surface area is 111 Å². The van der Waals surface area contributed by atoms with Crippen LogP contribution in [-0.4, -0.2) is 5.91 Å². The van der Waals surface area contributed by atoms with E-state index in [2.05, 4.69) is 5.32 Å². The maximum atomic E-state index is 11.9. The summed E-state index contributed by atoms with van der Waals surface area (Å²) in [5.74, 6) is 0.337. The van der Waals surface area contributed by atoms with E-state index in [9.17, 15) is 4.79 Å². The Morgan fingerprint density at radius 1 is 1.28 bits per heavy atom. The topological polar surface area (TPSA) is 29.1 Å². The summed E-state index contributed by atoms with van der Waals surface area (Å²) in [6, 6.07) is 9.80. The van der Waals surface area contributed by atoms with Crippen LogP contribution >= 0.6 is 11.6 Å². The van der Waals surface area contributed by atoms with Crippen LogP contribution in [0.2, 0.25) is 5.02 Å². The average molecular weight is 260 g/mol. The third-order valence-corrected chi connectivity index (χ3v) is 3.70. The molecule has 2 aromatic rings. The first-order chi connectivity index (χ1) is 8.66. The minimum Gasteiger partial charge on any atom is -0.325 e. The molecule has 0 atom stereocenters. The monoisotopic (exact) mass is 259 g/mol. The Morgan fingerprint density at radius 2 is 1.94 bits per heavy atom. The molecule has 0 aromatic heterocycles. The van der Waals surface area contributed by atoms with Gasteiger partial charge >= 0.3 is 0 Å². The highest BCUT2D eigenvalue weighted by Crippen LogP contribution is 2.35. The second-order valence-electron chi connectivity index (χ2n) is 4.86. The van der Waals surface area contributed by atoms with E-state index in [1.54, 1.807) is 0 Å². The first kappa shape index (κ1) is 11.5. The molecule has 18 heavy (non-hydrogen) atoms. The van der Waals surface area contributed by atoms with Crippen molar-refractivity contribution in [2.45, 2.75) is 19.8 Å². The Balaban J connectivity index is 2.11. The van der Waals surface area contributed by atoms with Crippen molar-refractivity contribution in [2.24, 2.45) is 5.92 Å². The van der Waals surface area contributed by atoms with Crippen LogP contribution in [0.4, 0.5) is 5.69 Å². The summed E-state index contributed by atoms with van der Waals surface area (Å²) >= 11 is 6.23. The minimum atomic E-state index is 0.130. The van der Waals surface area contributed by atoms with Gasteiger partial charge in [0.25, 0.3) is 0 Å². The molecule has 2 nitrogen and oxygen atoms in total. The van der Waals surface area contributed by atoms with Gasteiger partial charge in [0.1, 0.15) is 0 Å². The molecule has 1 N–H and O–H groups in total. The van der Waals surface area contributed by atoms with Crippen molar-refractivity contribution < 1.29 is 4.79 Å². The van der Waals surface area contributed by atoms with E-state index in [0.29, 0.717) is 0 Å². The molecule has 0 heterocycles. The lowest BCUT2D eigenvalue weighted by molar-refractivity contribution is -0.117. The number of carbonyl (C=O) groups excluding carboxylic acids is 1. The van der Waals surface area contributed by atoms with Gasteiger partial charge in [0.05, 0.1) is 5.69 Å². The van der Waals surface area contributed by atoms with Crippen molar-refractivity contribution in [1.82, 2.24) is 0 Å². The SMILES string of the molecule is Cc1cc(Cl)c2ccccc2c1NC(=O)C1CC1. The van der Waals surface area contributed by atoms with Gasteiger partial charge in [-0.1, -0.05) is 35.9 Å². The molecule has 0 unspecified atom stereocenters. The molecular formula is C15H14ClNO. The van der Waals surface area contributed by atoms with Crippen molar-refractivity contribution in [3.05, 3.63) is 40.9 Å². The van der Waals surface area contributed by atoms with Crippen LogP contribution in [0.25, 0.3) is 10.8 Å². The van der Waals surface area contributed by atoms with Crippen molar-refractivity contribution in [3.8, 4) is 0 Å². The van der Waals surface area contributed by atoms with Crippen LogP contribution in [-0.2, 0) is 4.79 Å². The molecule has 1 aliphatic carbocycles. The number of hydrogen-bond donors (Lipinski definition) is 1. The highest BCUT2D eigenvalue weighted by atomic mass is 35.5. The smallest absolute Gasteiger partial charge is 0.227 e. The van der Waals surface area contributed by atoms with E-state index >= 15 is 0 Å². The van der Waals surface area contributed by atoms with Crippen molar-refractivity contribution in [3.63, 3.8) is 0 Å². The number of rotatable bonds is 2. The average Bonchev–Trinajstić information content (AvgIpc) is 3.18. The van der Waals surface area contributed by atoms with E-state index in [0.717, 1.165) is 39.9 Å². The Bertz CT molecular complexity index is 632. The van der Waals surface area contributed by atoms with Gasteiger partial charge in [0, 0.05) is 21.7 Å². The summed E-state index contributed by atoms with van der Waals surface area (Å²) in [6.45, 7) is 1.97. The summed E-state index contributed by atoms with van der Waals surface area (Å²) in [5, 5.41) is 5.77. The molecule has 0 saturated heterocycles. The van der Waals surface area contributed by atoms with Crippen molar-refractivity contribution in [2.75, 3.05) is 5.32 Å². The number of anilines is 1. The van der Waals surface area contributed by atoms with Gasteiger partial charge in [-0.25, -0.2) is 0 Å². The highest BCUT2D eigenvalue weighted by Gasteiger charge is 2.30. The van der Waals surface area contributed by atoms with E-state index in [1.165, 1.54) is 0 Å². The molecule has 0 spiro atoms. The van der Waals surface area contributed by atoms with E-state index in [-0.39, 0.29) is 11.8 Å². The quantitative estimate of drug-likeness (QED) is 0.862. The molecule has 0 aliphatic heterocycles. The number of fused-ring (bicyclic) bond motifs is 1.